The Labute approximate surface area is 253 Å². The van der Waals surface area contributed by atoms with Crippen molar-refractivity contribution in [1.82, 2.24) is 4.57 Å². The SMILES string of the molecule is CCCCCCCCn1cc(-c2c(C(=O)O)cc3ccccc3[n+]2C)c2cc(OCc3ccccc3)ccc21.[I-]. The van der Waals surface area contributed by atoms with Gasteiger partial charge in [0.2, 0.25) is 11.2 Å². The molecule has 2 heterocycles. The molecular formula is C34H37IN2O3. The minimum Gasteiger partial charge on any atom is -1.00 e. The Bertz CT molecular complexity index is 1590. The number of aryl methyl sites for hydroxylation is 2. The number of hydrogen-bond acceptors (Lipinski definition) is 2. The van der Waals surface area contributed by atoms with Gasteiger partial charge >= 0.3 is 5.97 Å². The summed E-state index contributed by atoms with van der Waals surface area (Å²) in [5.41, 5.74) is 5.10. The molecule has 0 spiro atoms. The number of carbonyl (C=O) groups is 1. The number of pyridine rings is 1. The van der Waals surface area contributed by atoms with Crippen LogP contribution in [0.4, 0.5) is 0 Å². The summed E-state index contributed by atoms with van der Waals surface area (Å²) in [7, 11) is 1.96. The summed E-state index contributed by atoms with van der Waals surface area (Å²) in [5.74, 6) is -0.162. The fourth-order valence-corrected chi connectivity index (χ4v) is 5.47. The number of fused-ring (bicyclic) bond motifs is 2. The second-order valence-corrected chi connectivity index (χ2v) is 10.3. The van der Waals surface area contributed by atoms with Gasteiger partial charge in [-0.25, -0.2) is 4.79 Å². The summed E-state index contributed by atoms with van der Waals surface area (Å²) in [5, 5.41) is 12.2. The highest BCUT2D eigenvalue weighted by atomic mass is 127. The lowest BCUT2D eigenvalue weighted by atomic mass is 10.0. The fourth-order valence-electron chi connectivity index (χ4n) is 5.47. The van der Waals surface area contributed by atoms with Crippen molar-refractivity contribution in [2.45, 2.75) is 58.6 Å². The molecule has 0 bridgehead atoms. The predicted octanol–water partition coefficient (Wildman–Crippen LogP) is 4.93. The van der Waals surface area contributed by atoms with Gasteiger partial charge in [0.15, 0.2) is 0 Å². The van der Waals surface area contributed by atoms with Crippen LogP contribution in [0, 0.1) is 0 Å². The molecule has 6 heteroatoms. The number of halogens is 1. The molecule has 0 radical (unpaired) electrons. The van der Waals surface area contributed by atoms with E-state index in [0.717, 1.165) is 51.6 Å². The number of nitrogens with zero attached hydrogens (tertiary/aromatic N) is 2. The Morgan fingerprint density at radius 3 is 2.40 bits per heavy atom. The van der Waals surface area contributed by atoms with Gasteiger partial charge in [0.1, 0.15) is 25.0 Å². The Balaban J connectivity index is 0.00000370. The first-order valence-electron chi connectivity index (χ1n) is 14.0. The Kier molecular flexibility index (Phi) is 10.2. The molecule has 5 nitrogen and oxygen atoms in total. The number of rotatable bonds is 12. The standard InChI is InChI=1S/C34H36N2O3.HI/c1-3-4-5-6-7-13-20-36-23-30(33-29(34(37)38)21-26-16-11-12-17-31(26)35(33)2)28-22-27(18-19-32(28)36)39-24-25-14-9-8-10-15-25;/h8-12,14-19,21-23H,3-7,13,20,24H2,1-2H3;1H. The zero-order valence-corrected chi connectivity index (χ0v) is 25.4. The fraction of sp³-hybridized carbons (Fsp3) is 0.294. The number of benzene rings is 3. The van der Waals surface area contributed by atoms with Gasteiger partial charge in [-0.05, 0) is 42.3 Å². The van der Waals surface area contributed by atoms with Crippen LogP contribution in [0.15, 0.2) is 85.1 Å². The lowest BCUT2D eigenvalue weighted by Crippen LogP contribution is -3.00. The third kappa shape index (κ3) is 6.49. The van der Waals surface area contributed by atoms with Gasteiger partial charge in [-0.15, -0.1) is 0 Å². The first-order chi connectivity index (χ1) is 19.1. The van der Waals surface area contributed by atoms with E-state index in [9.17, 15) is 9.90 Å². The van der Waals surface area contributed by atoms with Crippen molar-refractivity contribution in [3.05, 3.63) is 96.2 Å². The van der Waals surface area contributed by atoms with Crippen LogP contribution >= 0.6 is 0 Å². The van der Waals surface area contributed by atoms with Crippen molar-refractivity contribution < 1.29 is 43.2 Å². The van der Waals surface area contributed by atoms with E-state index in [1.54, 1.807) is 6.07 Å². The number of carboxylic acid groups (broad SMARTS) is 1. The summed E-state index contributed by atoms with van der Waals surface area (Å²) < 4.78 is 10.5. The van der Waals surface area contributed by atoms with Gasteiger partial charge in [-0.3, -0.25) is 0 Å². The number of carboxylic acids is 1. The lowest BCUT2D eigenvalue weighted by Gasteiger charge is -2.09. The molecule has 1 N–H and O–H groups in total. The number of hydrogen-bond donors (Lipinski definition) is 1. The van der Waals surface area contributed by atoms with Gasteiger partial charge in [0, 0.05) is 35.1 Å². The molecule has 5 rings (SSSR count). The first kappa shape index (κ1) is 29.6. The molecule has 0 saturated heterocycles. The minimum atomic E-state index is -0.931. The molecule has 0 saturated carbocycles. The van der Waals surface area contributed by atoms with Gasteiger partial charge in [-0.1, -0.05) is 81.5 Å². The molecule has 0 fully saturated rings. The minimum absolute atomic E-state index is 0. The average Bonchev–Trinajstić information content (AvgIpc) is 3.31. The molecule has 0 aliphatic carbocycles. The quantitative estimate of drug-likeness (QED) is 0.119. The van der Waals surface area contributed by atoms with E-state index in [-0.39, 0.29) is 24.0 Å². The van der Waals surface area contributed by atoms with Crippen LogP contribution < -0.4 is 33.3 Å². The highest BCUT2D eigenvalue weighted by Crippen LogP contribution is 2.35. The van der Waals surface area contributed by atoms with Crippen LogP contribution in [0.1, 0.15) is 61.4 Å². The summed E-state index contributed by atoms with van der Waals surface area (Å²) in [6.45, 7) is 3.61. The molecular weight excluding hydrogens is 611 g/mol. The second kappa shape index (κ2) is 13.8. The number of aromatic carboxylic acids is 1. The molecule has 0 unspecified atom stereocenters. The number of ether oxygens (including phenoxy) is 1. The van der Waals surface area contributed by atoms with Crippen LogP contribution in [0.3, 0.4) is 0 Å². The second-order valence-electron chi connectivity index (χ2n) is 10.3. The van der Waals surface area contributed by atoms with Gasteiger partial charge in [0.25, 0.3) is 0 Å². The third-order valence-corrected chi connectivity index (χ3v) is 7.53. The maximum absolute atomic E-state index is 12.5. The molecule has 40 heavy (non-hydrogen) atoms. The van der Waals surface area contributed by atoms with Crippen molar-refractivity contribution in [2.24, 2.45) is 7.05 Å². The molecule has 0 aliphatic heterocycles. The Morgan fingerprint density at radius 2 is 1.62 bits per heavy atom. The van der Waals surface area contributed by atoms with E-state index in [1.807, 2.05) is 60.1 Å². The Morgan fingerprint density at radius 1 is 0.900 bits per heavy atom. The maximum Gasteiger partial charge on any atom is 0.342 e. The van der Waals surface area contributed by atoms with E-state index in [4.69, 9.17) is 4.74 Å². The zero-order valence-electron chi connectivity index (χ0n) is 23.3. The summed E-state index contributed by atoms with van der Waals surface area (Å²) in [6, 6.07) is 26.0. The smallest absolute Gasteiger partial charge is 0.342 e. The van der Waals surface area contributed by atoms with Crippen LogP contribution in [0.25, 0.3) is 33.1 Å². The molecule has 5 aromatic rings. The van der Waals surface area contributed by atoms with E-state index >= 15 is 0 Å². The third-order valence-electron chi connectivity index (χ3n) is 7.53. The predicted molar refractivity (Wildman–Crippen MR) is 157 cm³/mol. The van der Waals surface area contributed by atoms with E-state index in [0.29, 0.717) is 17.9 Å². The molecule has 2 aromatic heterocycles. The van der Waals surface area contributed by atoms with Crippen molar-refractivity contribution in [1.29, 1.82) is 0 Å². The van der Waals surface area contributed by atoms with E-state index in [1.165, 1.54) is 32.1 Å². The van der Waals surface area contributed by atoms with Gasteiger partial charge < -0.3 is 38.4 Å². The van der Waals surface area contributed by atoms with Crippen molar-refractivity contribution >= 4 is 27.8 Å². The van der Waals surface area contributed by atoms with Crippen LogP contribution in [-0.2, 0) is 20.2 Å². The van der Waals surface area contributed by atoms with Crippen LogP contribution in [0.2, 0.25) is 0 Å². The lowest BCUT2D eigenvalue weighted by molar-refractivity contribution is -0.633. The summed E-state index contributed by atoms with van der Waals surface area (Å²) in [6.07, 6.45) is 9.49. The van der Waals surface area contributed by atoms with Crippen molar-refractivity contribution in [2.75, 3.05) is 0 Å². The van der Waals surface area contributed by atoms with Gasteiger partial charge in [0.05, 0.1) is 5.56 Å². The van der Waals surface area contributed by atoms with Crippen LogP contribution in [0.5, 0.6) is 5.75 Å². The first-order valence-corrected chi connectivity index (χ1v) is 14.0. The highest BCUT2D eigenvalue weighted by molar-refractivity contribution is 6.03. The topological polar surface area (TPSA) is 55.3 Å². The number of aromatic nitrogens is 2. The number of unbranched alkanes of at least 4 members (excludes halogenated alkanes) is 5. The average molecular weight is 649 g/mol. The summed E-state index contributed by atoms with van der Waals surface area (Å²) in [4.78, 5) is 12.5. The number of para-hydroxylation sites is 1. The monoisotopic (exact) mass is 648 g/mol. The Hall–Kier alpha value is -3.39. The largest absolute Gasteiger partial charge is 1.00 e. The van der Waals surface area contributed by atoms with Crippen molar-refractivity contribution in [3.63, 3.8) is 0 Å². The summed E-state index contributed by atoms with van der Waals surface area (Å²) >= 11 is 0. The molecule has 3 aromatic carbocycles. The van der Waals surface area contributed by atoms with E-state index in [2.05, 4.69) is 42.0 Å². The van der Waals surface area contributed by atoms with Gasteiger partial charge in [-0.2, -0.15) is 4.57 Å². The zero-order chi connectivity index (χ0) is 27.2. The molecule has 0 amide bonds. The van der Waals surface area contributed by atoms with E-state index < -0.39 is 5.97 Å². The highest BCUT2D eigenvalue weighted by Gasteiger charge is 2.27. The van der Waals surface area contributed by atoms with Crippen LogP contribution in [-0.4, -0.2) is 15.6 Å². The molecule has 0 atom stereocenters. The maximum atomic E-state index is 12.5. The molecule has 0 aliphatic rings. The normalized spacial score (nSPS) is 11.1. The van der Waals surface area contributed by atoms with Crippen molar-refractivity contribution in [3.8, 4) is 17.0 Å². The molecule has 208 valence electrons.